The topological polar surface area (TPSA) is 107 Å². The number of carbonyl (C=O) groups is 1. The van der Waals surface area contributed by atoms with Gasteiger partial charge >= 0.3 is 0 Å². The molecule has 11 heteroatoms. The molecule has 0 aliphatic carbocycles. The summed E-state index contributed by atoms with van der Waals surface area (Å²) in [5.41, 5.74) is 3.14. The van der Waals surface area contributed by atoms with Crippen molar-refractivity contribution in [1.82, 2.24) is 24.5 Å². The predicted octanol–water partition coefficient (Wildman–Crippen LogP) is 4.92. The molecule has 0 aliphatic heterocycles. The standard InChI is InChI=1S/C25H32FN7O2Si/c1-16-20(26)7-6-18-12-19(23(27-8-9-34)32-21(16)18)17(2)31-24-22-25(29-13-28-24)33(14-30-22)15-35-10-11-36(3,4)5/h6-7,9,12-14,17H,8,10-11,15H2,1-5H3,(H,27,32)(H,28,29,31). The van der Waals surface area contributed by atoms with Crippen LogP contribution in [-0.2, 0) is 16.3 Å². The number of hydrogen-bond donors (Lipinski definition) is 2. The average molecular weight is 510 g/mol. The molecule has 0 saturated carbocycles. The smallest absolute Gasteiger partial charge is 0.167 e. The number of anilines is 2. The van der Waals surface area contributed by atoms with E-state index in [1.165, 1.54) is 12.4 Å². The fourth-order valence-corrected chi connectivity index (χ4v) is 4.65. The molecule has 190 valence electrons. The molecule has 1 aromatic carbocycles. The van der Waals surface area contributed by atoms with Gasteiger partial charge in [-0.25, -0.2) is 24.3 Å². The molecule has 3 heterocycles. The minimum absolute atomic E-state index is 0.0897. The first-order valence-corrected chi connectivity index (χ1v) is 15.7. The monoisotopic (exact) mass is 509 g/mol. The molecule has 0 fully saturated rings. The number of hydrogen-bond acceptors (Lipinski definition) is 8. The van der Waals surface area contributed by atoms with Crippen molar-refractivity contribution in [2.45, 2.75) is 52.3 Å². The first-order valence-electron chi connectivity index (χ1n) is 12.0. The number of aryl methyl sites for hydroxylation is 1. The van der Waals surface area contributed by atoms with Crippen molar-refractivity contribution >= 4 is 48.1 Å². The SMILES string of the molecule is Cc1c(F)ccc2cc(C(C)Nc3ncnc4c3ncn4COCC[Si](C)(C)C)c(NCC=O)nc12. The van der Waals surface area contributed by atoms with Crippen molar-refractivity contribution in [1.29, 1.82) is 0 Å². The molecule has 0 spiro atoms. The van der Waals surface area contributed by atoms with Crippen molar-refractivity contribution in [2.24, 2.45) is 0 Å². The van der Waals surface area contributed by atoms with Crippen molar-refractivity contribution in [3.63, 3.8) is 0 Å². The third kappa shape index (κ3) is 5.68. The van der Waals surface area contributed by atoms with Gasteiger partial charge in [-0.05, 0) is 38.1 Å². The summed E-state index contributed by atoms with van der Waals surface area (Å²) in [7, 11) is -1.16. The van der Waals surface area contributed by atoms with E-state index < -0.39 is 8.07 Å². The number of fused-ring (bicyclic) bond motifs is 2. The summed E-state index contributed by atoms with van der Waals surface area (Å²) in [5.74, 6) is 0.763. The van der Waals surface area contributed by atoms with Crippen molar-refractivity contribution in [3.05, 3.63) is 47.8 Å². The van der Waals surface area contributed by atoms with Gasteiger partial charge in [-0.15, -0.1) is 0 Å². The van der Waals surface area contributed by atoms with E-state index in [1.807, 2.05) is 17.6 Å². The lowest BCUT2D eigenvalue weighted by atomic mass is 10.0. The van der Waals surface area contributed by atoms with Gasteiger partial charge in [0.15, 0.2) is 17.0 Å². The Morgan fingerprint density at radius 3 is 2.72 bits per heavy atom. The summed E-state index contributed by atoms with van der Waals surface area (Å²) in [6.45, 7) is 11.8. The highest BCUT2D eigenvalue weighted by Gasteiger charge is 2.19. The summed E-state index contributed by atoms with van der Waals surface area (Å²) in [4.78, 5) is 29.0. The Kier molecular flexibility index (Phi) is 7.60. The van der Waals surface area contributed by atoms with Gasteiger partial charge in [-0.3, -0.25) is 4.57 Å². The third-order valence-corrected chi connectivity index (χ3v) is 7.71. The number of aldehydes is 1. The Hall–Kier alpha value is -3.44. The van der Waals surface area contributed by atoms with Crippen LogP contribution in [0.15, 0.2) is 30.9 Å². The van der Waals surface area contributed by atoms with Crippen LogP contribution in [0, 0.1) is 12.7 Å². The van der Waals surface area contributed by atoms with Crippen LogP contribution in [0.25, 0.3) is 22.1 Å². The van der Waals surface area contributed by atoms with Crippen LogP contribution in [0.2, 0.25) is 25.7 Å². The number of rotatable bonds is 11. The number of pyridine rings is 1. The molecule has 1 atom stereocenters. The highest BCUT2D eigenvalue weighted by Crippen LogP contribution is 2.31. The van der Waals surface area contributed by atoms with Crippen molar-refractivity contribution in [3.8, 4) is 0 Å². The molecule has 4 aromatic rings. The Labute approximate surface area is 210 Å². The molecular weight excluding hydrogens is 477 g/mol. The second-order valence-corrected chi connectivity index (χ2v) is 15.7. The van der Waals surface area contributed by atoms with E-state index in [0.717, 1.165) is 23.3 Å². The van der Waals surface area contributed by atoms with E-state index in [4.69, 9.17) is 4.74 Å². The second kappa shape index (κ2) is 10.7. The summed E-state index contributed by atoms with van der Waals surface area (Å²) < 4.78 is 21.9. The molecule has 0 aliphatic rings. The number of imidazole rings is 1. The van der Waals surface area contributed by atoms with Gasteiger partial charge in [0.25, 0.3) is 0 Å². The van der Waals surface area contributed by atoms with E-state index in [-0.39, 0.29) is 18.4 Å². The maximum atomic E-state index is 14.1. The lowest BCUT2D eigenvalue weighted by Crippen LogP contribution is -2.22. The van der Waals surface area contributed by atoms with Gasteiger partial charge in [0.2, 0.25) is 0 Å². The Morgan fingerprint density at radius 1 is 1.17 bits per heavy atom. The molecule has 3 aromatic heterocycles. The Bertz CT molecular complexity index is 1390. The van der Waals surface area contributed by atoms with Gasteiger partial charge in [-0.1, -0.05) is 19.6 Å². The molecule has 0 bridgehead atoms. The van der Waals surface area contributed by atoms with Gasteiger partial charge < -0.3 is 20.2 Å². The molecular formula is C25H32FN7O2Si. The maximum Gasteiger partial charge on any atom is 0.167 e. The van der Waals surface area contributed by atoms with Crippen LogP contribution in [0.4, 0.5) is 16.0 Å². The van der Waals surface area contributed by atoms with Crippen LogP contribution in [0.3, 0.4) is 0 Å². The fraction of sp³-hybridized carbons (Fsp3) is 0.400. The van der Waals surface area contributed by atoms with E-state index in [0.29, 0.717) is 47.2 Å². The van der Waals surface area contributed by atoms with Crippen LogP contribution >= 0.6 is 0 Å². The minimum atomic E-state index is -1.16. The van der Waals surface area contributed by atoms with Crippen molar-refractivity contribution < 1.29 is 13.9 Å². The Balaban J connectivity index is 1.60. The summed E-state index contributed by atoms with van der Waals surface area (Å²) >= 11 is 0. The molecule has 2 N–H and O–H groups in total. The summed E-state index contributed by atoms with van der Waals surface area (Å²) in [6, 6.07) is 5.93. The molecule has 36 heavy (non-hydrogen) atoms. The number of nitrogens with one attached hydrogen (secondary N) is 2. The summed E-state index contributed by atoms with van der Waals surface area (Å²) in [5, 5.41) is 7.25. The van der Waals surface area contributed by atoms with Crippen LogP contribution in [-0.4, -0.2) is 52.0 Å². The zero-order valence-corrected chi connectivity index (χ0v) is 22.3. The molecule has 4 rings (SSSR count). The molecule has 0 saturated heterocycles. The van der Waals surface area contributed by atoms with E-state index in [1.54, 1.807) is 19.3 Å². The summed E-state index contributed by atoms with van der Waals surface area (Å²) in [6.07, 6.45) is 3.96. The van der Waals surface area contributed by atoms with Crippen LogP contribution in [0.5, 0.6) is 0 Å². The normalized spacial score (nSPS) is 12.7. The number of halogens is 1. The second-order valence-electron chi connectivity index (χ2n) is 10.0. The highest BCUT2D eigenvalue weighted by molar-refractivity contribution is 6.76. The molecule has 9 nitrogen and oxygen atoms in total. The number of nitrogens with zero attached hydrogens (tertiary/aromatic N) is 5. The van der Waals surface area contributed by atoms with E-state index in [9.17, 15) is 9.18 Å². The van der Waals surface area contributed by atoms with Crippen molar-refractivity contribution in [2.75, 3.05) is 23.8 Å². The predicted molar refractivity (Wildman–Crippen MR) is 142 cm³/mol. The van der Waals surface area contributed by atoms with Gasteiger partial charge in [0.05, 0.1) is 24.4 Å². The number of ether oxygens (including phenoxy) is 1. The maximum absolute atomic E-state index is 14.1. The Morgan fingerprint density at radius 2 is 1.97 bits per heavy atom. The van der Waals surface area contributed by atoms with E-state index in [2.05, 4.69) is 50.2 Å². The van der Waals surface area contributed by atoms with Gasteiger partial charge in [0, 0.05) is 31.2 Å². The number of aromatic nitrogens is 5. The minimum Gasteiger partial charge on any atom is -0.363 e. The third-order valence-electron chi connectivity index (χ3n) is 6.00. The molecule has 0 radical (unpaired) electrons. The number of benzene rings is 1. The number of carbonyl (C=O) groups excluding carboxylic acids is 1. The largest absolute Gasteiger partial charge is 0.363 e. The lowest BCUT2D eigenvalue weighted by molar-refractivity contribution is -0.106. The lowest BCUT2D eigenvalue weighted by Gasteiger charge is -2.20. The van der Waals surface area contributed by atoms with Crippen LogP contribution in [0.1, 0.15) is 24.1 Å². The first-order chi connectivity index (χ1) is 17.2. The molecule has 1 unspecified atom stereocenters. The van der Waals surface area contributed by atoms with E-state index >= 15 is 0 Å². The first kappa shape index (κ1) is 25.6. The zero-order valence-electron chi connectivity index (χ0n) is 21.3. The highest BCUT2D eigenvalue weighted by atomic mass is 28.3. The zero-order chi connectivity index (χ0) is 25.9. The van der Waals surface area contributed by atoms with Gasteiger partial charge in [0.1, 0.15) is 31.0 Å². The molecule has 0 amide bonds. The quantitative estimate of drug-likeness (QED) is 0.167. The fourth-order valence-electron chi connectivity index (χ4n) is 3.89. The van der Waals surface area contributed by atoms with Crippen LogP contribution < -0.4 is 10.6 Å². The van der Waals surface area contributed by atoms with Gasteiger partial charge in [-0.2, -0.15) is 0 Å². The average Bonchev–Trinajstić information content (AvgIpc) is 3.26.